The molecule has 4 heteroatoms. The van der Waals surface area contributed by atoms with Crippen LogP contribution in [0.4, 0.5) is 13.2 Å². The number of allylic oxidation sites excluding steroid dienone is 1. The van der Waals surface area contributed by atoms with Crippen molar-refractivity contribution in [3.63, 3.8) is 0 Å². The summed E-state index contributed by atoms with van der Waals surface area (Å²) in [5.41, 5.74) is 0.0734. The van der Waals surface area contributed by atoms with Crippen LogP contribution in [0, 0.1) is 0 Å². The summed E-state index contributed by atoms with van der Waals surface area (Å²) in [4.78, 5) is 0. The van der Waals surface area contributed by atoms with Gasteiger partial charge >= 0.3 is 6.18 Å². The topological polar surface area (TPSA) is 9.23 Å². The lowest BCUT2D eigenvalue weighted by Crippen LogP contribution is -2.06. The predicted octanol–water partition coefficient (Wildman–Crippen LogP) is 4.39. The van der Waals surface area contributed by atoms with Gasteiger partial charge in [0.2, 0.25) is 0 Å². The highest BCUT2D eigenvalue weighted by atomic mass is 19.4. The molecule has 0 radical (unpaired) electrons. The van der Waals surface area contributed by atoms with Crippen molar-refractivity contribution in [3.05, 3.63) is 42.0 Å². The zero-order valence-corrected chi connectivity index (χ0v) is 9.84. The minimum absolute atomic E-state index is 0.0877. The Morgan fingerprint density at radius 1 is 1.41 bits per heavy atom. The van der Waals surface area contributed by atoms with E-state index in [-0.39, 0.29) is 11.7 Å². The van der Waals surface area contributed by atoms with Gasteiger partial charge in [-0.05, 0) is 30.0 Å². The van der Waals surface area contributed by atoms with Crippen LogP contribution in [-0.2, 0) is 6.18 Å². The zero-order chi connectivity index (χ0) is 13.1. The van der Waals surface area contributed by atoms with Gasteiger partial charge in [-0.3, -0.25) is 0 Å². The lowest BCUT2D eigenvalue weighted by molar-refractivity contribution is -0.137. The number of hydrogen-bond donors (Lipinski definition) is 0. The predicted molar refractivity (Wildman–Crippen MR) is 61.2 cm³/mol. The molecule has 0 saturated carbocycles. The fraction of sp³-hybridized carbons (Fsp3) is 0.385. The van der Waals surface area contributed by atoms with E-state index in [1.54, 1.807) is 6.08 Å². The molecule has 0 heterocycles. The summed E-state index contributed by atoms with van der Waals surface area (Å²) in [6.07, 6.45) is -1.91. The first-order chi connectivity index (χ1) is 7.90. The average molecular weight is 244 g/mol. The molecule has 1 unspecified atom stereocenters. The molecule has 0 saturated heterocycles. The normalized spacial score (nSPS) is 13.2. The summed E-state index contributed by atoms with van der Waals surface area (Å²) < 4.78 is 42.6. The molecule has 1 nitrogen and oxygen atoms in total. The van der Waals surface area contributed by atoms with Gasteiger partial charge in [-0.25, -0.2) is 0 Å². The molecule has 1 rings (SSSR count). The van der Waals surface area contributed by atoms with Gasteiger partial charge in [0.25, 0.3) is 0 Å². The number of halogens is 3. The Morgan fingerprint density at radius 3 is 2.53 bits per heavy atom. The maximum atomic E-state index is 12.5. The van der Waals surface area contributed by atoms with Crippen LogP contribution in [0.25, 0.3) is 0 Å². The number of ether oxygens (including phenoxy) is 1. The molecule has 0 fully saturated rings. The smallest absolute Gasteiger partial charge is 0.416 e. The lowest BCUT2D eigenvalue weighted by atomic mass is 9.95. The molecule has 0 bridgehead atoms. The summed E-state index contributed by atoms with van der Waals surface area (Å²) in [5, 5.41) is 0. The first-order valence-corrected chi connectivity index (χ1v) is 5.26. The van der Waals surface area contributed by atoms with Crippen LogP contribution in [0.3, 0.4) is 0 Å². The maximum absolute atomic E-state index is 12.5. The van der Waals surface area contributed by atoms with Crippen molar-refractivity contribution >= 4 is 0 Å². The first-order valence-electron chi connectivity index (χ1n) is 5.26. The van der Waals surface area contributed by atoms with Crippen LogP contribution in [0.1, 0.15) is 30.4 Å². The van der Waals surface area contributed by atoms with Crippen molar-refractivity contribution in [2.24, 2.45) is 0 Å². The fourth-order valence-corrected chi connectivity index (χ4v) is 1.67. The third-order valence-corrected chi connectivity index (χ3v) is 2.61. The molecule has 0 aliphatic carbocycles. The zero-order valence-electron chi connectivity index (χ0n) is 9.84. The van der Waals surface area contributed by atoms with E-state index in [0.717, 1.165) is 17.7 Å². The van der Waals surface area contributed by atoms with Crippen LogP contribution < -0.4 is 4.74 Å². The average Bonchev–Trinajstić information content (AvgIpc) is 2.27. The maximum Gasteiger partial charge on any atom is 0.416 e. The van der Waals surface area contributed by atoms with E-state index in [2.05, 4.69) is 6.58 Å². The van der Waals surface area contributed by atoms with Crippen LogP contribution >= 0.6 is 0 Å². The van der Waals surface area contributed by atoms with Gasteiger partial charge in [0.15, 0.2) is 0 Å². The van der Waals surface area contributed by atoms with Crippen molar-refractivity contribution in [1.29, 1.82) is 0 Å². The van der Waals surface area contributed by atoms with Gasteiger partial charge in [-0.2, -0.15) is 13.2 Å². The Hall–Kier alpha value is -1.45. The molecule has 0 aliphatic rings. The Labute approximate surface area is 98.9 Å². The standard InChI is InChI=1S/C13H15F3O/c1-4-5-9(2)11-7-6-10(13(14,15)16)8-12(11)17-3/h4,6-9H,1,5H2,2-3H3. The second-order valence-electron chi connectivity index (χ2n) is 3.88. The van der Waals surface area contributed by atoms with Crippen LogP contribution in [0.5, 0.6) is 5.75 Å². The Bertz CT molecular complexity index is 396. The van der Waals surface area contributed by atoms with Crippen molar-refractivity contribution in [1.82, 2.24) is 0 Å². The largest absolute Gasteiger partial charge is 0.496 e. The van der Waals surface area contributed by atoms with Crippen LogP contribution in [0.2, 0.25) is 0 Å². The van der Waals surface area contributed by atoms with E-state index in [9.17, 15) is 13.2 Å². The minimum Gasteiger partial charge on any atom is -0.496 e. The van der Waals surface area contributed by atoms with E-state index in [1.165, 1.54) is 13.2 Å². The Balaban J connectivity index is 3.14. The third-order valence-electron chi connectivity index (χ3n) is 2.61. The summed E-state index contributed by atoms with van der Waals surface area (Å²) in [6, 6.07) is 3.59. The van der Waals surface area contributed by atoms with Gasteiger partial charge in [0.05, 0.1) is 12.7 Å². The first kappa shape index (κ1) is 13.6. The highest BCUT2D eigenvalue weighted by molar-refractivity contribution is 5.40. The molecule has 17 heavy (non-hydrogen) atoms. The summed E-state index contributed by atoms with van der Waals surface area (Å²) in [5.74, 6) is 0.360. The molecule has 0 aliphatic heterocycles. The van der Waals surface area contributed by atoms with Gasteiger partial charge in [-0.1, -0.05) is 19.1 Å². The monoisotopic (exact) mass is 244 g/mol. The quantitative estimate of drug-likeness (QED) is 0.713. The van der Waals surface area contributed by atoms with E-state index in [1.807, 2.05) is 6.92 Å². The molecular weight excluding hydrogens is 229 g/mol. The number of methoxy groups -OCH3 is 1. The molecule has 0 amide bonds. The lowest BCUT2D eigenvalue weighted by Gasteiger charge is -2.16. The Kier molecular flexibility index (Phi) is 4.21. The van der Waals surface area contributed by atoms with Crippen LogP contribution in [0.15, 0.2) is 30.9 Å². The highest BCUT2D eigenvalue weighted by Gasteiger charge is 2.31. The van der Waals surface area contributed by atoms with Crippen molar-refractivity contribution in [2.75, 3.05) is 7.11 Å². The molecule has 1 aromatic carbocycles. The number of alkyl halides is 3. The van der Waals surface area contributed by atoms with E-state index < -0.39 is 11.7 Å². The van der Waals surface area contributed by atoms with Crippen molar-refractivity contribution in [2.45, 2.75) is 25.4 Å². The number of benzene rings is 1. The van der Waals surface area contributed by atoms with E-state index >= 15 is 0 Å². The SMILES string of the molecule is C=CCC(C)c1ccc(C(F)(F)F)cc1OC. The van der Waals surface area contributed by atoms with Gasteiger partial charge in [-0.15, -0.1) is 6.58 Å². The molecule has 1 atom stereocenters. The molecule has 0 N–H and O–H groups in total. The molecule has 1 aromatic rings. The number of hydrogen-bond acceptors (Lipinski definition) is 1. The second kappa shape index (κ2) is 5.25. The van der Waals surface area contributed by atoms with E-state index in [4.69, 9.17) is 4.74 Å². The Morgan fingerprint density at radius 2 is 2.06 bits per heavy atom. The third kappa shape index (κ3) is 3.25. The highest BCUT2D eigenvalue weighted by Crippen LogP contribution is 2.36. The fourth-order valence-electron chi connectivity index (χ4n) is 1.67. The van der Waals surface area contributed by atoms with Gasteiger partial charge in [0, 0.05) is 0 Å². The summed E-state index contributed by atoms with van der Waals surface area (Å²) in [7, 11) is 1.37. The summed E-state index contributed by atoms with van der Waals surface area (Å²) in [6.45, 7) is 5.54. The molecular formula is C13H15F3O. The molecule has 94 valence electrons. The number of rotatable bonds is 4. The van der Waals surface area contributed by atoms with Crippen molar-refractivity contribution < 1.29 is 17.9 Å². The van der Waals surface area contributed by atoms with Crippen molar-refractivity contribution in [3.8, 4) is 5.75 Å². The molecule has 0 aromatic heterocycles. The van der Waals surface area contributed by atoms with Gasteiger partial charge in [0.1, 0.15) is 5.75 Å². The molecule has 0 spiro atoms. The summed E-state index contributed by atoms with van der Waals surface area (Å²) >= 11 is 0. The second-order valence-corrected chi connectivity index (χ2v) is 3.88. The minimum atomic E-state index is -4.34. The van der Waals surface area contributed by atoms with Gasteiger partial charge < -0.3 is 4.74 Å². The van der Waals surface area contributed by atoms with Crippen LogP contribution in [-0.4, -0.2) is 7.11 Å². The van der Waals surface area contributed by atoms with E-state index in [0.29, 0.717) is 6.42 Å².